The smallest absolute Gasteiger partial charge is 0.273 e. The molecule has 1 aliphatic rings. The highest BCUT2D eigenvalue weighted by Crippen LogP contribution is 2.16. The highest BCUT2D eigenvalue weighted by Gasteiger charge is 2.30. The third-order valence-electron chi connectivity index (χ3n) is 3.96. The second kappa shape index (κ2) is 6.70. The van der Waals surface area contributed by atoms with E-state index >= 15 is 0 Å². The number of carbonyl (C=O) groups excluding carboxylic acids is 1. The van der Waals surface area contributed by atoms with Gasteiger partial charge in [0.2, 0.25) is 0 Å². The number of piperazine rings is 1. The normalized spacial score (nSPS) is 22.6. The molecule has 0 radical (unpaired) electrons. The summed E-state index contributed by atoms with van der Waals surface area (Å²) in [7, 11) is 2.08. The van der Waals surface area contributed by atoms with Crippen molar-refractivity contribution in [2.75, 3.05) is 26.7 Å². The number of hydrogen-bond donors (Lipinski definition) is 1. The molecule has 0 aliphatic carbocycles. The molecule has 2 unspecified atom stereocenters. The van der Waals surface area contributed by atoms with E-state index in [1.54, 1.807) is 18.3 Å². The SMILES string of the molecule is CC1CN(C(=O)c2ncccc2C#CCO)CC(C)N1C. The minimum absolute atomic E-state index is 0.0929. The summed E-state index contributed by atoms with van der Waals surface area (Å²) in [5, 5.41) is 8.81. The average Bonchev–Trinajstić information content (AvgIpc) is 2.49. The van der Waals surface area contributed by atoms with Crippen LogP contribution >= 0.6 is 0 Å². The molecular formula is C16H21N3O2. The fraction of sp³-hybridized carbons (Fsp3) is 0.500. The lowest BCUT2D eigenvalue weighted by atomic mass is 10.1. The maximum atomic E-state index is 12.7. The van der Waals surface area contributed by atoms with Gasteiger partial charge >= 0.3 is 0 Å². The van der Waals surface area contributed by atoms with Gasteiger partial charge in [0.15, 0.2) is 0 Å². The molecule has 21 heavy (non-hydrogen) atoms. The Morgan fingerprint density at radius 2 is 2.10 bits per heavy atom. The lowest BCUT2D eigenvalue weighted by Gasteiger charge is -2.42. The standard InChI is InChI=1S/C16H21N3O2/c1-12-10-19(11-13(2)18(12)3)16(21)15-14(7-5-9-20)6-4-8-17-15/h4,6,8,12-13,20H,9-11H2,1-3H3. The largest absolute Gasteiger partial charge is 0.384 e. The van der Waals surface area contributed by atoms with Crippen LogP contribution in [0.5, 0.6) is 0 Å². The molecule has 5 heteroatoms. The number of aliphatic hydroxyl groups excluding tert-OH is 1. The van der Waals surface area contributed by atoms with E-state index in [-0.39, 0.29) is 12.5 Å². The molecule has 1 fully saturated rings. The molecule has 112 valence electrons. The highest BCUT2D eigenvalue weighted by atomic mass is 16.2. The number of carbonyl (C=O) groups is 1. The Labute approximate surface area is 125 Å². The second-order valence-electron chi connectivity index (χ2n) is 5.43. The zero-order valence-corrected chi connectivity index (χ0v) is 12.7. The molecule has 0 bridgehead atoms. The summed E-state index contributed by atoms with van der Waals surface area (Å²) in [6.45, 7) is 5.36. The summed E-state index contributed by atoms with van der Waals surface area (Å²) in [5.41, 5.74) is 0.929. The summed E-state index contributed by atoms with van der Waals surface area (Å²) in [5.74, 6) is 5.27. The maximum absolute atomic E-state index is 12.7. The number of pyridine rings is 1. The highest BCUT2D eigenvalue weighted by molar-refractivity contribution is 5.94. The maximum Gasteiger partial charge on any atom is 0.273 e. The topological polar surface area (TPSA) is 56.7 Å². The zero-order chi connectivity index (χ0) is 15.4. The number of rotatable bonds is 1. The van der Waals surface area contributed by atoms with Gasteiger partial charge in [-0.25, -0.2) is 4.98 Å². The zero-order valence-electron chi connectivity index (χ0n) is 12.7. The van der Waals surface area contributed by atoms with Crippen LogP contribution in [0, 0.1) is 11.8 Å². The molecule has 1 aromatic heterocycles. The molecular weight excluding hydrogens is 266 g/mol. The van der Waals surface area contributed by atoms with Crippen molar-refractivity contribution in [1.82, 2.24) is 14.8 Å². The van der Waals surface area contributed by atoms with Crippen molar-refractivity contribution in [3.05, 3.63) is 29.6 Å². The molecule has 1 amide bonds. The van der Waals surface area contributed by atoms with Gasteiger partial charge < -0.3 is 10.0 Å². The number of likely N-dealkylation sites (N-methyl/N-ethyl adjacent to an activating group) is 1. The van der Waals surface area contributed by atoms with Crippen LogP contribution in [-0.2, 0) is 0 Å². The molecule has 1 N–H and O–H groups in total. The summed E-state index contributed by atoms with van der Waals surface area (Å²) in [6, 6.07) is 4.13. The Kier molecular flexibility index (Phi) is 4.94. The molecule has 0 aromatic carbocycles. The number of aromatic nitrogens is 1. The van der Waals surface area contributed by atoms with Crippen molar-refractivity contribution in [2.24, 2.45) is 0 Å². The van der Waals surface area contributed by atoms with E-state index in [4.69, 9.17) is 5.11 Å². The molecule has 0 spiro atoms. The number of aliphatic hydroxyl groups is 1. The van der Waals surface area contributed by atoms with Crippen molar-refractivity contribution in [1.29, 1.82) is 0 Å². The van der Waals surface area contributed by atoms with Crippen molar-refractivity contribution in [2.45, 2.75) is 25.9 Å². The van der Waals surface area contributed by atoms with E-state index in [0.717, 1.165) is 0 Å². The van der Waals surface area contributed by atoms with E-state index < -0.39 is 0 Å². The van der Waals surface area contributed by atoms with Crippen LogP contribution in [0.4, 0.5) is 0 Å². The van der Waals surface area contributed by atoms with Crippen LogP contribution in [0.25, 0.3) is 0 Å². The number of amides is 1. The van der Waals surface area contributed by atoms with Gasteiger partial charge in [-0.05, 0) is 33.0 Å². The lowest BCUT2D eigenvalue weighted by molar-refractivity contribution is 0.0409. The fourth-order valence-corrected chi connectivity index (χ4v) is 2.53. The van der Waals surface area contributed by atoms with E-state index in [9.17, 15) is 4.79 Å². The van der Waals surface area contributed by atoms with Gasteiger partial charge in [-0.15, -0.1) is 0 Å². The summed E-state index contributed by atoms with van der Waals surface area (Å²) < 4.78 is 0. The second-order valence-corrected chi connectivity index (χ2v) is 5.43. The summed E-state index contributed by atoms with van der Waals surface area (Å²) in [6.07, 6.45) is 1.60. The van der Waals surface area contributed by atoms with Crippen LogP contribution in [0.3, 0.4) is 0 Å². The Hall–Kier alpha value is -1.90. The van der Waals surface area contributed by atoms with Crippen molar-refractivity contribution in [3.63, 3.8) is 0 Å². The van der Waals surface area contributed by atoms with E-state index in [2.05, 4.69) is 42.6 Å². The summed E-state index contributed by atoms with van der Waals surface area (Å²) in [4.78, 5) is 21.0. The molecule has 0 saturated carbocycles. The van der Waals surface area contributed by atoms with Gasteiger partial charge in [0, 0.05) is 31.4 Å². The summed E-state index contributed by atoms with van der Waals surface area (Å²) >= 11 is 0. The van der Waals surface area contributed by atoms with Gasteiger partial charge in [-0.3, -0.25) is 9.69 Å². The van der Waals surface area contributed by atoms with Crippen molar-refractivity contribution < 1.29 is 9.90 Å². The monoisotopic (exact) mass is 287 g/mol. The number of nitrogens with zero attached hydrogens (tertiary/aromatic N) is 3. The first-order valence-corrected chi connectivity index (χ1v) is 7.10. The van der Waals surface area contributed by atoms with Gasteiger partial charge in [-0.2, -0.15) is 0 Å². The minimum Gasteiger partial charge on any atom is -0.384 e. The van der Waals surface area contributed by atoms with Gasteiger partial charge in [0.1, 0.15) is 12.3 Å². The third-order valence-corrected chi connectivity index (χ3v) is 3.96. The first-order chi connectivity index (χ1) is 10.0. The first kappa shape index (κ1) is 15.5. The van der Waals surface area contributed by atoms with Crippen LogP contribution < -0.4 is 0 Å². The van der Waals surface area contributed by atoms with Gasteiger partial charge in [0.25, 0.3) is 5.91 Å². The molecule has 1 aromatic rings. The molecule has 2 rings (SSSR count). The fourth-order valence-electron chi connectivity index (χ4n) is 2.53. The molecule has 5 nitrogen and oxygen atoms in total. The van der Waals surface area contributed by atoms with Gasteiger partial charge in [-0.1, -0.05) is 11.8 Å². The van der Waals surface area contributed by atoms with Crippen LogP contribution in [0.15, 0.2) is 18.3 Å². The predicted molar refractivity (Wildman–Crippen MR) is 80.8 cm³/mol. The molecule has 1 saturated heterocycles. The first-order valence-electron chi connectivity index (χ1n) is 7.10. The Morgan fingerprint density at radius 1 is 1.43 bits per heavy atom. The quantitative estimate of drug-likeness (QED) is 0.768. The Bertz CT molecular complexity index is 564. The van der Waals surface area contributed by atoms with Crippen molar-refractivity contribution >= 4 is 5.91 Å². The minimum atomic E-state index is -0.231. The van der Waals surface area contributed by atoms with Crippen LogP contribution in [-0.4, -0.2) is 64.6 Å². The molecule has 2 heterocycles. The van der Waals surface area contributed by atoms with E-state index in [1.165, 1.54) is 0 Å². The van der Waals surface area contributed by atoms with Gasteiger partial charge in [0.05, 0.1) is 5.56 Å². The lowest BCUT2D eigenvalue weighted by Crippen LogP contribution is -2.56. The Balaban J connectivity index is 2.24. The average molecular weight is 287 g/mol. The predicted octanol–water partition coefficient (Wildman–Crippen LogP) is 0.590. The van der Waals surface area contributed by atoms with Crippen LogP contribution in [0.1, 0.15) is 29.9 Å². The van der Waals surface area contributed by atoms with Crippen molar-refractivity contribution in [3.8, 4) is 11.8 Å². The van der Waals surface area contributed by atoms with E-state index in [0.29, 0.717) is 36.4 Å². The number of hydrogen-bond acceptors (Lipinski definition) is 4. The van der Waals surface area contributed by atoms with E-state index in [1.807, 2.05) is 4.90 Å². The van der Waals surface area contributed by atoms with Crippen LogP contribution in [0.2, 0.25) is 0 Å². The molecule has 1 aliphatic heterocycles. The molecule has 2 atom stereocenters. The Morgan fingerprint density at radius 3 is 2.71 bits per heavy atom. The third kappa shape index (κ3) is 3.41.